The third kappa shape index (κ3) is 6.14. The molecule has 0 aliphatic carbocycles. The zero-order valence-electron chi connectivity index (χ0n) is 12.2. The number of nitrogens with two attached hydrogens (primary N) is 1. The lowest BCUT2D eigenvalue weighted by atomic mass is 9.95. The van der Waals surface area contributed by atoms with Crippen LogP contribution in [0.2, 0.25) is 0 Å². The predicted octanol–water partition coefficient (Wildman–Crippen LogP) is 1.90. The fourth-order valence-corrected chi connectivity index (χ4v) is 2.38. The van der Waals surface area contributed by atoms with Crippen molar-refractivity contribution in [2.24, 2.45) is 5.73 Å². The summed E-state index contributed by atoms with van der Waals surface area (Å²) in [5, 5.41) is 2.27. The van der Waals surface area contributed by atoms with Gasteiger partial charge in [0.2, 0.25) is 0 Å². The van der Waals surface area contributed by atoms with Crippen molar-refractivity contribution in [3.63, 3.8) is 0 Å². The molecule has 1 aliphatic rings. The van der Waals surface area contributed by atoms with E-state index in [1.807, 2.05) is 0 Å². The van der Waals surface area contributed by atoms with Crippen LogP contribution in [0.3, 0.4) is 0 Å². The van der Waals surface area contributed by atoms with Crippen LogP contribution in [0.1, 0.15) is 52.4 Å². The molecule has 1 saturated heterocycles. The van der Waals surface area contributed by atoms with E-state index in [0.29, 0.717) is 6.54 Å². The van der Waals surface area contributed by atoms with Gasteiger partial charge < -0.3 is 10.5 Å². The van der Waals surface area contributed by atoms with E-state index < -0.39 is 0 Å². The predicted molar refractivity (Wildman–Crippen MR) is 76.4 cm³/mol. The van der Waals surface area contributed by atoms with E-state index in [9.17, 15) is 0 Å². The van der Waals surface area contributed by atoms with Crippen LogP contribution in [0, 0.1) is 0 Å². The molecule has 0 aromatic heterocycles. The van der Waals surface area contributed by atoms with Crippen molar-refractivity contribution < 1.29 is 4.74 Å². The number of hydrogen-bond donors (Lipinski definition) is 2. The van der Waals surface area contributed by atoms with Crippen LogP contribution in [-0.4, -0.2) is 43.4 Å². The molecular weight excluding hydrogens is 226 g/mol. The molecular formula is C14H31N3O. The first-order chi connectivity index (χ1) is 8.70. The van der Waals surface area contributed by atoms with Gasteiger partial charge in [-0.15, -0.1) is 0 Å². The highest BCUT2D eigenvalue weighted by Crippen LogP contribution is 2.16. The fraction of sp³-hybridized carbons (Fsp3) is 1.00. The molecule has 1 rings (SSSR count). The molecule has 3 N–H and O–H groups in total. The Labute approximate surface area is 112 Å². The second kappa shape index (κ2) is 8.86. The maximum absolute atomic E-state index is 5.94. The number of ether oxygens (including phenoxy) is 1. The Hall–Kier alpha value is -0.160. The molecule has 1 unspecified atom stereocenters. The van der Waals surface area contributed by atoms with Crippen molar-refractivity contribution in [3.8, 4) is 0 Å². The Morgan fingerprint density at radius 2 is 1.83 bits per heavy atom. The molecule has 0 saturated carbocycles. The largest absolute Gasteiger partial charge is 0.379 e. The summed E-state index contributed by atoms with van der Waals surface area (Å²) in [6.45, 7) is 8.76. The van der Waals surface area contributed by atoms with Crippen LogP contribution in [0.4, 0.5) is 0 Å². The Balaban J connectivity index is 2.22. The number of hydrazine groups is 1. The van der Waals surface area contributed by atoms with Crippen LogP contribution in [0.5, 0.6) is 0 Å². The van der Waals surface area contributed by atoms with Crippen molar-refractivity contribution in [1.29, 1.82) is 0 Å². The topological polar surface area (TPSA) is 50.5 Å². The minimum absolute atomic E-state index is 0.0452. The van der Waals surface area contributed by atoms with Gasteiger partial charge in [0.25, 0.3) is 0 Å². The van der Waals surface area contributed by atoms with Crippen molar-refractivity contribution in [2.45, 2.75) is 57.9 Å². The molecule has 18 heavy (non-hydrogen) atoms. The standard InChI is InChI=1S/C14H31N3O/c1-3-4-5-6-7-8-14(2,13-15)16-17-9-11-18-12-10-17/h16H,3-13,15H2,1-2H3. The molecule has 1 atom stereocenters. The fourth-order valence-electron chi connectivity index (χ4n) is 2.38. The summed E-state index contributed by atoms with van der Waals surface area (Å²) in [4.78, 5) is 0. The smallest absolute Gasteiger partial charge is 0.0608 e. The van der Waals surface area contributed by atoms with Gasteiger partial charge in [-0.3, -0.25) is 0 Å². The van der Waals surface area contributed by atoms with Gasteiger partial charge in [0.1, 0.15) is 0 Å². The van der Waals surface area contributed by atoms with Crippen molar-refractivity contribution in [3.05, 3.63) is 0 Å². The van der Waals surface area contributed by atoms with Gasteiger partial charge in [-0.1, -0.05) is 39.0 Å². The number of unbranched alkanes of at least 4 members (excludes halogenated alkanes) is 4. The Bertz CT molecular complexity index is 207. The summed E-state index contributed by atoms with van der Waals surface area (Å²) in [7, 11) is 0. The van der Waals surface area contributed by atoms with Crippen LogP contribution in [0.25, 0.3) is 0 Å². The lowest BCUT2D eigenvalue weighted by Crippen LogP contribution is -2.59. The Morgan fingerprint density at radius 3 is 2.44 bits per heavy atom. The maximum Gasteiger partial charge on any atom is 0.0608 e. The monoisotopic (exact) mass is 257 g/mol. The van der Waals surface area contributed by atoms with E-state index in [1.165, 1.54) is 32.1 Å². The van der Waals surface area contributed by atoms with Crippen molar-refractivity contribution in [2.75, 3.05) is 32.8 Å². The number of nitrogens with zero attached hydrogens (tertiary/aromatic N) is 1. The van der Waals surface area contributed by atoms with E-state index in [4.69, 9.17) is 10.5 Å². The second-order valence-electron chi connectivity index (χ2n) is 5.64. The average Bonchev–Trinajstić information content (AvgIpc) is 2.40. The summed E-state index contributed by atoms with van der Waals surface area (Å²) >= 11 is 0. The van der Waals surface area contributed by atoms with E-state index >= 15 is 0 Å². The minimum atomic E-state index is 0.0452. The molecule has 4 heteroatoms. The minimum Gasteiger partial charge on any atom is -0.379 e. The van der Waals surface area contributed by atoms with Crippen molar-refractivity contribution in [1.82, 2.24) is 10.4 Å². The second-order valence-corrected chi connectivity index (χ2v) is 5.64. The van der Waals surface area contributed by atoms with Gasteiger partial charge in [0.05, 0.1) is 13.2 Å². The van der Waals surface area contributed by atoms with E-state index in [1.54, 1.807) is 0 Å². The normalized spacial score (nSPS) is 20.8. The van der Waals surface area contributed by atoms with E-state index in [0.717, 1.165) is 32.7 Å². The van der Waals surface area contributed by atoms with Crippen LogP contribution in [-0.2, 0) is 4.74 Å². The first kappa shape index (κ1) is 15.9. The summed E-state index contributed by atoms with van der Waals surface area (Å²) in [6.07, 6.45) is 7.77. The lowest BCUT2D eigenvalue weighted by Gasteiger charge is -2.38. The Kier molecular flexibility index (Phi) is 7.82. The molecule has 0 bridgehead atoms. The molecule has 0 radical (unpaired) electrons. The van der Waals surface area contributed by atoms with Gasteiger partial charge in [-0.2, -0.15) is 0 Å². The summed E-state index contributed by atoms with van der Waals surface area (Å²) < 4.78 is 5.36. The molecule has 0 aromatic carbocycles. The molecule has 1 heterocycles. The number of morpholine rings is 1. The van der Waals surface area contributed by atoms with Gasteiger partial charge in [-0.05, 0) is 13.3 Å². The number of rotatable bonds is 9. The molecule has 4 nitrogen and oxygen atoms in total. The van der Waals surface area contributed by atoms with Gasteiger partial charge >= 0.3 is 0 Å². The van der Waals surface area contributed by atoms with Gasteiger partial charge in [0, 0.05) is 25.2 Å². The van der Waals surface area contributed by atoms with Gasteiger partial charge in [0.15, 0.2) is 0 Å². The summed E-state index contributed by atoms with van der Waals surface area (Å²) in [5.74, 6) is 0. The van der Waals surface area contributed by atoms with Crippen LogP contribution >= 0.6 is 0 Å². The average molecular weight is 257 g/mol. The highest BCUT2D eigenvalue weighted by molar-refractivity contribution is 4.83. The van der Waals surface area contributed by atoms with Crippen LogP contribution in [0.15, 0.2) is 0 Å². The van der Waals surface area contributed by atoms with Gasteiger partial charge in [-0.25, -0.2) is 10.4 Å². The third-order valence-electron chi connectivity index (χ3n) is 3.72. The zero-order chi connectivity index (χ0) is 13.3. The molecule has 1 aliphatic heterocycles. The lowest BCUT2D eigenvalue weighted by molar-refractivity contribution is -0.0105. The SMILES string of the molecule is CCCCCCCC(C)(CN)NN1CCOCC1. The number of hydrogen-bond acceptors (Lipinski definition) is 4. The highest BCUT2D eigenvalue weighted by atomic mass is 16.5. The summed E-state index contributed by atoms with van der Waals surface area (Å²) in [5.41, 5.74) is 9.59. The molecule has 108 valence electrons. The number of nitrogens with one attached hydrogen (secondary N) is 1. The first-order valence-corrected chi connectivity index (χ1v) is 7.51. The Morgan fingerprint density at radius 1 is 1.17 bits per heavy atom. The van der Waals surface area contributed by atoms with E-state index in [-0.39, 0.29) is 5.54 Å². The third-order valence-corrected chi connectivity index (χ3v) is 3.72. The maximum atomic E-state index is 5.94. The van der Waals surface area contributed by atoms with Crippen molar-refractivity contribution >= 4 is 0 Å². The first-order valence-electron chi connectivity index (χ1n) is 7.51. The van der Waals surface area contributed by atoms with Crippen LogP contribution < -0.4 is 11.2 Å². The molecule has 0 aromatic rings. The zero-order valence-corrected chi connectivity index (χ0v) is 12.2. The molecule has 0 spiro atoms. The summed E-state index contributed by atoms with van der Waals surface area (Å²) in [6, 6.07) is 0. The molecule has 0 amide bonds. The van der Waals surface area contributed by atoms with E-state index in [2.05, 4.69) is 24.3 Å². The molecule has 1 fully saturated rings. The quantitative estimate of drug-likeness (QED) is 0.620. The highest BCUT2D eigenvalue weighted by Gasteiger charge is 2.25.